The van der Waals surface area contributed by atoms with Crippen LogP contribution in [0.5, 0.6) is 0 Å². The van der Waals surface area contributed by atoms with Crippen molar-refractivity contribution in [3.05, 3.63) is 169 Å². The van der Waals surface area contributed by atoms with Gasteiger partial charge in [0.15, 0.2) is 0 Å². The normalized spacial score (nSPS) is 11.3. The molecule has 9 rings (SSSR count). The lowest BCUT2D eigenvalue weighted by Crippen LogP contribution is -2.00. The van der Waals surface area contributed by atoms with E-state index in [4.69, 9.17) is 0 Å². The van der Waals surface area contributed by atoms with E-state index in [0.29, 0.717) is 11.1 Å². The summed E-state index contributed by atoms with van der Waals surface area (Å²) in [6.07, 6.45) is 0. The standard InChI is InChI=1S/C44H26N4/c45-27-29-21-30(28-46)23-33(22-29)31-17-19-32(20-18-31)34-24-35(47-41-13-5-1-9-37(41)38-10-2-6-14-42(38)47)26-36(25-34)48-43-15-7-3-11-39(43)40-12-4-8-16-44(40)48/h1-26H. The van der Waals surface area contributed by atoms with Crippen molar-refractivity contribution in [3.63, 3.8) is 0 Å². The third-order valence-corrected chi connectivity index (χ3v) is 9.32. The third-order valence-electron chi connectivity index (χ3n) is 9.32. The Hall–Kier alpha value is -6.88. The first kappa shape index (κ1) is 27.4. The first-order valence-electron chi connectivity index (χ1n) is 15.9. The zero-order chi connectivity index (χ0) is 32.2. The van der Waals surface area contributed by atoms with Gasteiger partial charge in [-0.05, 0) is 82.9 Å². The number of fused-ring (bicyclic) bond motifs is 6. The topological polar surface area (TPSA) is 57.4 Å². The quantitative estimate of drug-likeness (QED) is 0.199. The summed E-state index contributed by atoms with van der Waals surface area (Å²) >= 11 is 0. The number of benzene rings is 7. The molecule has 0 saturated heterocycles. The number of hydrogen-bond acceptors (Lipinski definition) is 2. The molecule has 0 aliphatic rings. The molecule has 0 N–H and O–H groups in total. The Labute approximate surface area is 277 Å². The average Bonchev–Trinajstić information content (AvgIpc) is 3.68. The fraction of sp³-hybridized carbons (Fsp3) is 0. The molecule has 0 unspecified atom stereocenters. The van der Waals surface area contributed by atoms with E-state index in [1.165, 1.54) is 21.5 Å². The van der Waals surface area contributed by atoms with Crippen molar-refractivity contribution in [2.24, 2.45) is 0 Å². The van der Waals surface area contributed by atoms with Gasteiger partial charge in [0.1, 0.15) is 0 Å². The van der Waals surface area contributed by atoms with E-state index < -0.39 is 0 Å². The Bertz CT molecular complexity index is 2530. The number of rotatable bonds is 4. The summed E-state index contributed by atoms with van der Waals surface area (Å²) in [4.78, 5) is 0. The third kappa shape index (κ3) is 4.29. The van der Waals surface area contributed by atoms with Crippen LogP contribution >= 0.6 is 0 Å². The predicted octanol–water partition coefficient (Wildman–Crippen LogP) is 11.0. The zero-order valence-corrected chi connectivity index (χ0v) is 25.8. The molecule has 4 heteroatoms. The molecule has 0 fully saturated rings. The van der Waals surface area contributed by atoms with E-state index in [-0.39, 0.29) is 0 Å². The molecule has 2 aromatic heterocycles. The summed E-state index contributed by atoms with van der Waals surface area (Å²) in [5, 5.41) is 23.9. The van der Waals surface area contributed by atoms with Crippen molar-refractivity contribution in [1.29, 1.82) is 10.5 Å². The number of nitriles is 2. The maximum Gasteiger partial charge on any atom is 0.0992 e. The molecule has 0 saturated carbocycles. The number of hydrogen-bond donors (Lipinski definition) is 0. The van der Waals surface area contributed by atoms with Crippen molar-refractivity contribution >= 4 is 43.6 Å². The Morgan fingerprint density at radius 3 is 1.02 bits per heavy atom. The van der Waals surface area contributed by atoms with Gasteiger partial charge in [-0.1, -0.05) is 97.1 Å². The van der Waals surface area contributed by atoms with Crippen LogP contribution in [-0.2, 0) is 0 Å². The van der Waals surface area contributed by atoms with Crippen molar-refractivity contribution in [2.75, 3.05) is 0 Å². The lowest BCUT2D eigenvalue weighted by Gasteiger charge is -2.16. The Balaban J connectivity index is 1.30. The maximum absolute atomic E-state index is 9.53. The predicted molar refractivity (Wildman–Crippen MR) is 195 cm³/mol. The van der Waals surface area contributed by atoms with Gasteiger partial charge in [0.25, 0.3) is 0 Å². The van der Waals surface area contributed by atoms with Gasteiger partial charge in [-0.25, -0.2) is 0 Å². The van der Waals surface area contributed by atoms with Gasteiger partial charge in [0.2, 0.25) is 0 Å². The maximum atomic E-state index is 9.53. The Morgan fingerprint density at radius 1 is 0.333 bits per heavy atom. The van der Waals surface area contributed by atoms with E-state index in [9.17, 15) is 10.5 Å². The van der Waals surface area contributed by atoms with Gasteiger partial charge in [-0.2, -0.15) is 10.5 Å². The van der Waals surface area contributed by atoms with Crippen LogP contribution < -0.4 is 0 Å². The SMILES string of the molecule is N#Cc1cc(C#N)cc(-c2ccc(-c3cc(-n4c5ccccc5c5ccccc54)cc(-n4c5ccccc5c5ccccc54)c3)cc2)c1. The number of nitrogens with zero attached hydrogens (tertiary/aromatic N) is 4. The van der Waals surface area contributed by atoms with Crippen LogP contribution in [0.2, 0.25) is 0 Å². The van der Waals surface area contributed by atoms with Crippen LogP contribution in [0.4, 0.5) is 0 Å². The van der Waals surface area contributed by atoms with E-state index in [0.717, 1.165) is 55.7 Å². The summed E-state index contributed by atoms with van der Waals surface area (Å²) in [7, 11) is 0. The molecule has 4 nitrogen and oxygen atoms in total. The average molecular weight is 611 g/mol. The molecule has 7 aromatic carbocycles. The monoisotopic (exact) mass is 610 g/mol. The number of aromatic nitrogens is 2. The van der Waals surface area contributed by atoms with Crippen molar-refractivity contribution < 1.29 is 0 Å². The lowest BCUT2D eigenvalue weighted by atomic mass is 9.97. The lowest BCUT2D eigenvalue weighted by molar-refractivity contribution is 1.13. The van der Waals surface area contributed by atoms with E-state index >= 15 is 0 Å². The molecule has 48 heavy (non-hydrogen) atoms. The van der Waals surface area contributed by atoms with Crippen LogP contribution in [0.1, 0.15) is 11.1 Å². The molecule has 222 valence electrons. The molecular formula is C44H26N4. The summed E-state index contributed by atoms with van der Waals surface area (Å²) in [6.45, 7) is 0. The van der Waals surface area contributed by atoms with Crippen LogP contribution in [-0.4, -0.2) is 9.13 Å². The highest BCUT2D eigenvalue weighted by Crippen LogP contribution is 2.38. The van der Waals surface area contributed by atoms with Crippen LogP contribution in [0.3, 0.4) is 0 Å². The van der Waals surface area contributed by atoms with E-state index in [1.54, 1.807) is 6.07 Å². The fourth-order valence-corrected chi connectivity index (χ4v) is 7.20. The van der Waals surface area contributed by atoms with Crippen LogP contribution in [0.25, 0.3) is 77.2 Å². The van der Waals surface area contributed by atoms with Gasteiger partial charge in [-0.15, -0.1) is 0 Å². The molecule has 0 radical (unpaired) electrons. The van der Waals surface area contributed by atoms with E-state index in [1.807, 2.05) is 12.1 Å². The zero-order valence-electron chi connectivity index (χ0n) is 25.8. The van der Waals surface area contributed by atoms with Gasteiger partial charge in [0.05, 0.1) is 45.3 Å². The highest BCUT2D eigenvalue weighted by molar-refractivity contribution is 6.10. The summed E-state index contributed by atoms with van der Waals surface area (Å²) in [5.41, 5.74) is 11.7. The molecular weight excluding hydrogens is 585 g/mol. The van der Waals surface area contributed by atoms with Crippen LogP contribution in [0.15, 0.2) is 158 Å². The largest absolute Gasteiger partial charge is 0.309 e. The van der Waals surface area contributed by atoms with Gasteiger partial charge < -0.3 is 9.13 Å². The van der Waals surface area contributed by atoms with Crippen molar-refractivity contribution in [3.8, 4) is 45.8 Å². The smallest absolute Gasteiger partial charge is 0.0992 e. The highest BCUT2D eigenvalue weighted by Gasteiger charge is 2.17. The first-order valence-corrected chi connectivity index (χ1v) is 15.9. The molecule has 0 amide bonds. The Morgan fingerprint density at radius 2 is 0.667 bits per heavy atom. The van der Waals surface area contributed by atoms with Gasteiger partial charge in [0, 0.05) is 32.9 Å². The summed E-state index contributed by atoms with van der Waals surface area (Å²) < 4.78 is 4.74. The fourth-order valence-electron chi connectivity index (χ4n) is 7.20. The Kier molecular flexibility index (Phi) is 6.22. The van der Waals surface area contributed by atoms with Crippen molar-refractivity contribution in [2.45, 2.75) is 0 Å². The highest BCUT2D eigenvalue weighted by atomic mass is 15.0. The van der Waals surface area contributed by atoms with Crippen LogP contribution in [0, 0.1) is 22.7 Å². The molecule has 0 aliphatic heterocycles. The molecule has 0 atom stereocenters. The summed E-state index contributed by atoms with van der Waals surface area (Å²) in [5.74, 6) is 0. The minimum absolute atomic E-state index is 0.475. The molecule has 0 aliphatic carbocycles. The molecule has 0 bridgehead atoms. The van der Waals surface area contributed by atoms with Gasteiger partial charge >= 0.3 is 0 Å². The number of para-hydroxylation sites is 4. The summed E-state index contributed by atoms with van der Waals surface area (Å²) in [6, 6.07) is 59.3. The first-order chi connectivity index (χ1) is 23.7. The van der Waals surface area contributed by atoms with E-state index in [2.05, 4.69) is 161 Å². The molecule has 2 heterocycles. The molecule has 0 spiro atoms. The minimum atomic E-state index is 0.475. The second-order valence-electron chi connectivity index (χ2n) is 12.1. The molecule has 9 aromatic rings. The second kappa shape index (κ2) is 10.9. The van der Waals surface area contributed by atoms with Crippen molar-refractivity contribution in [1.82, 2.24) is 9.13 Å². The second-order valence-corrected chi connectivity index (χ2v) is 12.1. The minimum Gasteiger partial charge on any atom is -0.309 e. The van der Waals surface area contributed by atoms with Gasteiger partial charge in [-0.3, -0.25) is 0 Å².